The number of methoxy groups -OCH3 is 1. The molecule has 7 rings (SSSR count). The monoisotopic (exact) mass is 501 g/mol. The fourth-order valence-corrected chi connectivity index (χ4v) is 5.36. The van der Waals surface area contributed by atoms with E-state index < -0.39 is 5.82 Å². The van der Waals surface area contributed by atoms with E-state index in [2.05, 4.69) is 19.9 Å². The number of ketones is 1. The molecule has 2 aromatic carbocycles. The number of carbonyl (C=O) groups is 1. The van der Waals surface area contributed by atoms with Gasteiger partial charge in [0.2, 0.25) is 5.78 Å². The number of fused-ring (bicyclic) bond motifs is 4. The topological polar surface area (TPSA) is 82.4 Å². The first kappa shape index (κ1) is 23.5. The molecule has 3 aliphatic rings. The van der Waals surface area contributed by atoms with E-state index in [-0.39, 0.29) is 30.3 Å². The third kappa shape index (κ3) is 4.44. The van der Waals surface area contributed by atoms with E-state index in [1.165, 1.54) is 13.2 Å². The summed E-state index contributed by atoms with van der Waals surface area (Å²) in [7, 11) is 1.48. The van der Waals surface area contributed by atoms with Crippen LogP contribution in [0.2, 0.25) is 0 Å². The molecule has 0 N–H and O–H groups in total. The van der Waals surface area contributed by atoms with Gasteiger partial charge in [-0.15, -0.1) is 0 Å². The van der Waals surface area contributed by atoms with Crippen LogP contribution in [-0.2, 0) is 6.54 Å². The third-order valence-electron chi connectivity index (χ3n) is 7.41. The molecule has 0 aliphatic carbocycles. The van der Waals surface area contributed by atoms with Gasteiger partial charge >= 0.3 is 6.01 Å². The maximum absolute atomic E-state index is 15.4. The normalized spacial score (nSPS) is 20.8. The Morgan fingerprint density at radius 2 is 1.86 bits per heavy atom. The molecule has 8 nitrogen and oxygen atoms in total. The summed E-state index contributed by atoms with van der Waals surface area (Å²) in [4.78, 5) is 29.2. The Balaban J connectivity index is 1.35. The van der Waals surface area contributed by atoms with E-state index in [9.17, 15) is 4.79 Å². The lowest BCUT2D eigenvalue weighted by molar-refractivity contribution is -0.00789. The predicted octanol–water partition coefficient (Wildman–Crippen LogP) is 4.03. The lowest BCUT2D eigenvalue weighted by atomic mass is 9.86. The number of halogens is 1. The molecule has 1 atom stereocenters. The van der Waals surface area contributed by atoms with Crippen molar-refractivity contribution in [2.45, 2.75) is 32.4 Å². The van der Waals surface area contributed by atoms with Gasteiger partial charge in [-0.25, -0.2) is 9.37 Å². The van der Waals surface area contributed by atoms with Crippen molar-refractivity contribution in [3.63, 3.8) is 0 Å². The molecule has 0 unspecified atom stereocenters. The highest BCUT2D eigenvalue weighted by molar-refractivity contribution is 6.08. The van der Waals surface area contributed by atoms with Gasteiger partial charge in [-0.3, -0.25) is 9.69 Å². The average molecular weight is 502 g/mol. The lowest BCUT2D eigenvalue weighted by Gasteiger charge is -2.44. The molecule has 3 aliphatic heterocycles. The summed E-state index contributed by atoms with van der Waals surface area (Å²) in [5.41, 5.74) is 2.35. The molecule has 4 aromatic rings. The SMILES string of the molecule is COc1nc(C)c2nc(C(=O)c3ccccc3)n(Cc3ccc(O[C@@H]4CN5CCC4CC5)cc3F)c2n1. The van der Waals surface area contributed by atoms with Crippen LogP contribution in [-0.4, -0.2) is 63.1 Å². The van der Waals surface area contributed by atoms with Gasteiger partial charge in [0.25, 0.3) is 0 Å². The Labute approximate surface area is 214 Å². The minimum absolute atomic E-state index is 0.0654. The van der Waals surface area contributed by atoms with Crippen molar-refractivity contribution < 1.29 is 18.7 Å². The lowest BCUT2D eigenvalue weighted by Crippen LogP contribution is -2.52. The quantitative estimate of drug-likeness (QED) is 0.354. The van der Waals surface area contributed by atoms with Gasteiger partial charge in [0.15, 0.2) is 11.5 Å². The summed E-state index contributed by atoms with van der Waals surface area (Å²) in [6.45, 7) is 4.97. The summed E-state index contributed by atoms with van der Waals surface area (Å²) in [6, 6.07) is 14.0. The maximum Gasteiger partial charge on any atom is 0.318 e. The molecule has 0 amide bonds. The maximum atomic E-state index is 15.4. The fraction of sp³-hybridized carbons (Fsp3) is 0.357. The smallest absolute Gasteiger partial charge is 0.318 e. The van der Waals surface area contributed by atoms with Crippen LogP contribution in [0.4, 0.5) is 4.39 Å². The molecule has 3 saturated heterocycles. The number of imidazole rings is 1. The van der Waals surface area contributed by atoms with Crippen molar-refractivity contribution in [3.8, 4) is 11.8 Å². The largest absolute Gasteiger partial charge is 0.489 e. The zero-order valence-corrected chi connectivity index (χ0v) is 20.9. The number of benzene rings is 2. The number of hydrogen-bond acceptors (Lipinski definition) is 7. The van der Waals surface area contributed by atoms with Crippen molar-refractivity contribution >= 4 is 16.9 Å². The predicted molar refractivity (Wildman–Crippen MR) is 136 cm³/mol. The number of aryl methyl sites for hydroxylation is 1. The molecule has 0 radical (unpaired) electrons. The van der Waals surface area contributed by atoms with Gasteiger partial charge in [0.05, 0.1) is 19.3 Å². The molecule has 2 aromatic heterocycles. The number of nitrogens with zero attached hydrogens (tertiary/aromatic N) is 5. The van der Waals surface area contributed by atoms with Crippen molar-refractivity contribution in [1.82, 2.24) is 24.4 Å². The van der Waals surface area contributed by atoms with Gasteiger partial charge < -0.3 is 14.0 Å². The molecule has 0 saturated carbocycles. The van der Waals surface area contributed by atoms with Crippen molar-refractivity contribution in [1.29, 1.82) is 0 Å². The molecule has 0 spiro atoms. The number of piperidine rings is 3. The second-order valence-electron chi connectivity index (χ2n) is 9.73. The molecule has 2 bridgehead atoms. The van der Waals surface area contributed by atoms with E-state index in [0.717, 1.165) is 32.5 Å². The molecular formula is C28H28FN5O3. The second-order valence-corrected chi connectivity index (χ2v) is 9.73. The first-order chi connectivity index (χ1) is 18.0. The zero-order chi connectivity index (χ0) is 25.5. The number of rotatable bonds is 7. The Hall–Kier alpha value is -3.85. The zero-order valence-electron chi connectivity index (χ0n) is 20.9. The first-order valence-corrected chi connectivity index (χ1v) is 12.6. The van der Waals surface area contributed by atoms with Crippen LogP contribution >= 0.6 is 0 Å². The third-order valence-corrected chi connectivity index (χ3v) is 7.41. The van der Waals surface area contributed by atoms with E-state index in [1.807, 2.05) is 6.07 Å². The van der Waals surface area contributed by atoms with Gasteiger partial charge in [-0.05, 0) is 44.8 Å². The Morgan fingerprint density at radius 1 is 1.08 bits per heavy atom. The van der Waals surface area contributed by atoms with Crippen LogP contribution in [0.25, 0.3) is 11.2 Å². The van der Waals surface area contributed by atoms with Crippen molar-refractivity contribution in [3.05, 3.63) is 77.0 Å². The van der Waals surface area contributed by atoms with Crippen LogP contribution in [0, 0.1) is 18.7 Å². The van der Waals surface area contributed by atoms with E-state index in [1.54, 1.807) is 47.9 Å². The number of carbonyl (C=O) groups excluding carboxylic acids is 1. The fourth-order valence-electron chi connectivity index (χ4n) is 5.36. The summed E-state index contributed by atoms with van der Waals surface area (Å²) in [5.74, 6) is 0.528. The minimum atomic E-state index is -0.406. The highest BCUT2D eigenvalue weighted by Gasteiger charge is 2.35. The Kier molecular flexibility index (Phi) is 6.08. The Bertz CT molecular complexity index is 1460. The van der Waals surface area contributed by atoms with Crippen LogP contribution in [0.5, 0.6) is 11.8 Å². The number of ether oxygens (including phenoxy) is 2. The van der Waals surface area contributed by atoms with Gasteiger partial charge in [-0.2, -0.15) is 9.97 Å². The van der Waals surface area contributed by atoms with Crippen molar-refractivity contribution in [2.24, 2.45) is 5.92 Å². The second kappa shape index (κ2) is 9.55. The van der Waals surface area contributed by atoms with Crippen LogP contribution in [0.15, 0.2) is 48.5 Å². The average Bonchev–Trinajstić information content (AvgIpc) is 3.29. The molecular weight excluding hydrogens is 473 g/mol. The molecule has 190 valence electrons. The molecule has 5 heterocycles. The number of aromatic nitrogens is 4. The summed E-state index contributed by atoms with van der Waals surface area (Å²) >= 11 is 0. The molecule has 9 heteroatoms. The van der Waals surface area contributed by atoms with Crippen LogP contribution in [0.3, 0.4) is 0 Å². The molecule has 37 heavy (non-hydrogen) atoms. The van der Waals surface area contributed by atoms with Gasteiger partial charge in [0.1, 0.15) is 23.2 Å². The van der Waals surface area contributed by atoms with Gasteiger partial charge in [-0.1, -0.05) is 36.4 Å². The van der Waals surface area contributed by atoms with Crippen LogP contribution < -0.4 is 9.47 Å². The summed E-state index contributed by atoms with van der Waals surface area (Å²) in [5, 5.41) is 0. The Morgan fingerprint density at radius 3 is 2.54 bits per heavy atom. The van der Waals surface area contributed by atoms with Gasteiger partial charge in [0, 0.05) is 23.7 Å². The van der Waals surface area contributed by atoms with E-state index in [4.69, 9.17) is 9.47 Å². The van der Waals surface area contributed by atoms with Crippen LogP contribution in [0.1, 0.15) is 40.3 Å². The highest BCUT2D eigenvalue weighted by Crippen LogP contribution is 2.31. The van der Waals surface area contributed by atoms with Crippen molar-refractivity contribution in [2.75, 3.05) is 26.7 Å². The summed E-state index contributed by atoms with van der Waals surface area (Å²) < 4.78 is 28.5. The summed E-state index contributed by atoms with van der Waals surface area (Å²) in [6.07, 6.45) is 2.34. The van der Waals surface area contributed by atoms with E-state index >= 15 is 4.39 Å². The molecule has 3 fully saturated rings. The highest BCUT2D eigenvalue weighted by atomic mass is 19.1. The number of hydrogen-bond donors (Lipinski definition) is 0. The first-order valence-electron chi connectivity index (χ1n) is 12.6. The minimum Gasteiger partial charge on any atom is -0.489 e. The van der Waals surface area contributed by atoms with E-state index in [0.29, 0.717) is 39.7 Å². The standard InChI is InChI=1S/C28H28FN5O3/c1-17-24-26(32-28(30-17)36-2)34(27(31-24)25(35)19-6-4-3-5-7-19)15-20-8-9-21(14-22(20)29)37-23-16-33-12-10-18(23)11-13-33/h3-9,14,18,23H,10-13,15-16H2,1-2H3/t23-/m1/s1.